The van der Waals surface area contributed by atoms with Crippen LogP contribution in [0.25, 0.3) is 0 Å². The highest BCUT2D eigenvalue weighted by atomic mass is 16.5. The number of benzene rings is 2. The van der Waals surface area contributed by atoms with Crippen molar-refractivity contribution in [2.24, 2.45) is 56.6 Å². The zero-order chi connectivity index (χ0) is 34.6. The van der Waals surface area contributed by atoms with Gasteiger partial charge in [0, 0.05) is 6.42 Å². The van der Waals surface area contributed by atoms with Crippen LogP contribution in [0.4, 0.5) is 11.4 Å². The quantitative estimate of drug-likeness (QED) is 0.0977. The molecule has 0 saturated heterocycles. The highest BCUT2D eigenvalue weighted by Gasteiger charge is 2.59. The minimum absolute atomic E-state index is 0.0112. The Balaban J connectivity index is 0.966. The number of esters is 2. The largest absolute Gasteiger partial charge is 0.462 e. The van der Waals surface area contributed by atoms with E-state index in [1.54, 1.807) is 24.3 Å². The summed E-state index contributed by atoms with van der Waals surface area (Å²) in [5.41, 5.74) is 3.65. The molecule has 4 aliphatic carbocycles. The lowest BCUT2D eigenvalue weighted by Crippen LogP contribution is -2.51. The smallest absolute Gasteiger partial charge is 0.311 e. The number of allylic oxidation sites excluding steroid dienone is 1. The van der Waals surface area contributed by atoms with Crippen molar-refractivity contribution in [3.05, 3.63) is 66.2 Å². The molecule has 6 heteroatoms. The van der Waals surface area contributed by atoms with Gasteiger partial charge in [-0.3, -0.25) is 9.59 Å². The third-order valence-electron chi connectivity index (χ3n) is 13.2. The van der Waals surface area contributed by atoms with Crippen LogP contribution in [0.1, 0.15) is 118 Å². The van der Waals surface area contributed by atoms with E-state index in [9.17, 15) is 9.59 Å². The number of fused-ring (bicyclic) bond motifs is 5. The first-order chi connectivity index (χ1) is 23.5. The third kappa shape index (κ3) is 8.05. The van der Waals surface area contributed by atoms with Gasteiger partial charge in [0.25, 0.3) is 0 Å². The van der Waals surface area contributed by atoms with E-state index >= 15 is 0 Å². The molecule has 3 saturated carbocycles. The Labute approximate surface area is 294 Å². The first kappa shape index (κ1) is 35.5. The summed E-state index contributed by atoms with van der Waals surface area (Å²) in [4.78, 5) is 25.4. The molecule has 2 aromatic rings. The number of carbonyl (C=O) groups is 2. The third-order valence-corrected chi connectivity index (χ3v) is 13.2. The standard InChI is InChI=1S/C43H58N2O4/c1-29(2)10-9-11-30(3)37-20-21-38-36-19-14-31-28-35(24-26-42(31,4)39(36)25-27-43(37,38)5)49-41(47)23-22-40(46)48-34-17-15-33(16-18-34)45-44-32-12-7-6-8-13-32/h6-8,12-18,29-30,35-39H,9-11,19-28H2,1-5H3/t30-,35?,36+,37-,38+,39+,42+,43-/m1/s1. The molecule has 0 heterocycles. The van der Waals surface area contributed by atoms with Crippen LogP contribution >= 0.6 is 0 Å². The van der Waals surface area contributed by atoms with Crippen LogP contribution in [-0.2, 0) is 14.3 Å². The van der Waals surface area contributed by atoms with Crippen molar-refractivity contribution < 1.29 is 19.1 Å². The van der Waals surface area contributed by atoms with Gasteiger partial charge in [-0.05, 0) is 128 Å². The van der Waals surface area contributed by atoms with Gasteiger partial charge < -0.3 is 9.47 Å². The van der Waals surface area contributed by atoms with Gasteiger partial charge in [-0.15, -0.1) is 0 Å². The van der Waals surface area contributed by atoms with Crippen LogP contribution in [0.15, 0.2) is 76.5 Å². The molecule has 2 aromatic carbocycles. The summed E-state index contributed by atoms with van der Waals surface area (Å²) in [6.07, 6.45) is 16.1. The molecule has 6 rings (SSSR count). The molecule has 8 atom stereocenters. The molecular weight excluding hydrogens is 608 g/mol. The van der Waals surface area contributed by atoms with Crippen LogP contribution < -0.4 is 4.74 Å². The van der Waals surface area contributed by atoms with Crippen molar-refractivity contribution in [2.75, 3.05) is 0 Å². The predicted molar refractivity (Wildman–Crippen MR) is 195 cm³/mol. The summed E-state index contributed by atoms with van der Waals surface area (Å²) in [6.45, 7) is 12.4. The lowest BCUT2D eigenvalue weighted by molar-refractivity contribution is -0.153. The molecule has 6 nitrogen and oxygen atoms in total. The Hall–Kier alpha value is -3.28. The number of hydrogen-bond donors (Lipinski definition) is 0. The molecule has 0 radical (unpaired) electrons. The van der Waals surface area contributed by atoms with Gasteiger partial charge >= 0.3 is 11.9 Å². The maximum absolute atomic E-state index is 12.8. The summed E-state index contributed by atoms with van der Waals surface area (Å²) >= 11 is 0. The summed E-state index contributed by atoms with van der Waals surface area (Å²) in [5.74, 6) is 4.54. The van der Waals surface area contributed by atoms with Crippen molar-refractivity contribution in [3.63, 3.8) is 0 Å². The predicted octanol–water partition coefficient (Wildman–Crippen LogP) is 11.7. The van der Waals surface area contributed by atoms with Crippen molar-refractivity contribution in [3.8, 4) is 5.75 Å². The van der Waals surface area contributed by atoms with Gasteiger partial charge in [0.1, 0.15) is 11.9 Å². The highest BCUT2D eigenvalue weighted by molar-refractivity contribution is 5.79. The first-order valence-electron chi connectivity index (χ1n) is 19.2. The molecule has 49 heavy (non-hydrogen) atoms. The Morgan fingerprint density at radius 2 is 1.53 bits per heavy atom. The second kappa shape index (κ2) is 15.3. The van der Waals surface area contributed by atoms with E-state index < -0.39 is 5.97 Å². The van der Waals surface area contributed by atoms with Crippen molar-refractivity contribution in [1.82, 2.24) is 0 Å². The molecule has 264 valence electrons. The first-order valence-corrected chi connectivity index (χ1v) is 19.2. The average Bonchev–Trinajstić information content (AvgIpc) is 3.45. The number of hydrogen-bond acceptors (Lipinski definition) is 6. The topological polar surface area (TPSA) is 77.3 Å². The lowest BCUT2D eigenvalue weighted by atomic mass is 9.47. The maximum atomic E-state index is 12.8. The molecule has 0 amide bonds. The van der Waals surface area contributed by atoms with Gasteiger partial charge in [-0.2, -0.15) is 10.2 Å². The van der Waals surface area contributed by atoms with Gasteiger partial charge in [0.15, 0.2) is 0 Å². The molecule has 0 N–H and O–H groups in total. The number of carbonyl (C=O) groups excluding carboxylic acids is 2. The highest BCUT2D eigenvalue weighted by Crippen LogP contribution is 2.67. The summed E-state index contributed by atoms with van der Waals surface area (Å²) in [7, 11) is 0. The number of ether oxygens (including phenoxy) is 2. The minimum Gasteiger partial charge on any atom is -0.462 e. The van der Waals surface area contributed by atoms with Gasteiger partial charge in [-0.25, -0.2) is 0 Å². The zero-order valence-corrected chi connectivity index (χ0v) is 30.5. The molecule has 3 fully saturated rings. The molecule has 0 aliphatic heterocycles. The van der Waals surface area contributed by atoms with E-state index in [4.69, 9.17) is 9.47 Å². The molecule has 0 bridgehead atoms. The summed E-state index contributed by atoms with van der Waals surface area (Å²) < 4.78 is 11.4. The van der Waals surface area contributed by atoms with E-state index in [0.29, 0.717) is 16.9 Å². The van der Waals surface area contributed by atoms with Crippen LogP contribution in [0.5, 0.6) is 5.75 Å². The fourth-order valence-corrected chi connectivity index (χ4v) is 10.6. The van der Waals surface area contributed by atoms with Gasteiger partial charge in [0.2, 0.25) is 0 Å². The summed E-state index contributed by atoms with van der Waals surface area (Å²) in [5, 5.41) is 8.42. The van der Waals surface area contributed by atoms with Crippen LogP contribution in [0, 0.1) is 46.3 Å². The fourth-order valence-electron chi connectivity index (χ4n) is 10.6. The monoisotopic (exact) mass is 666 g/mol. The molecular formula is C43H58N2O4. The van der Waals surface area contributed by atoms with Gasteiger partial charge in [0.05, 0.1) is 24.2 Å². The second-order valence-electron chi connectivity index (χ2n) is 16.6. The maximum Gasteiger partial charge on any atom is 0.311 e. The minimum atomic E-state index is -0.448. The molecule has 4 aliphatic rings. The Morgan fingerprint density at radius 1 is 0.816 bits per heavy atom. The normalized spacial score (nSPS) is 31.4. The second-order valence-corrected chi connectivity index (χ2v) is 16.6. The molecule has 0 aromatic heterocycles. The molecule has 1 unspecified atom stereocenters. The Kier molecular flexibility index (Phi) is 11.1. The molecule has 0 spiro atoms. The zero-order valence-electron chi connectivity index (χ0n) is 30.5. The van der Waals surface area contributed by atoms with E-state index in [1.165, 1.54) is 56.9 Å². The van der Waals surface area contributed by atoms with Crippen molar-refractivity contribution >= 4 is 23.3 Å². The Morgan fingerprint density at radius 3 is 2.27 bits per heavy atom. The Bertz CT molecular complexity index is 1500. The number of azo groups is 1. The number of nitrogens with zero attached hydrogens (tertiary/aromatic N) is 2. The van der Waals surface area contributed by atoms with Crippen LogP contribution in [0.2, 0.25) is 0 Å². The van der Waals surface area contributed by atoms with Gasteiger partial charge in [-0.1, -0.05) is 83.7 Å². The fraction of sp³-hybridized carbons (Fsp3) is 0.628. The summed E-state index contributed by atoms with van der Waals surface area (Å²) in [6, 6.07) is 16.4. The van der Waals surface area contributed by atoms with E-state index in [-0.39, 0.29) is 30.3 Å². The van der Waals surface area contributed by atoms with Crippen molar-refractivity contribution in [2.45, 2.75) is 124 Å². The number of rotatable bonds is 12. The van der Waals surface area contributed by atoms with Crippen LogP contribution in [-0.4, -0.2) is 18.0 Å². The van der Waals surface area contributed by atoms with Crippen LogP contribution in [0.3, 0.4) is 0 Å². The average molecular weight is 667 g/mol. The van der Waals surface area contributed by atoms with E-state index in [2.05, 4.69) is 50.9 Å². The lowest BCUT2D eigenvalue weighted by Gasteiger charge is -2.58. The van der Waals surface area contributed by atoms with Crippen molar-refractivity contribution in [1.29, 1.82) is 0 Å². The van der Waals surface area contributed by atoms with E-state index in [1.807, 2.05) is 30.3 Å². The van der Waals surface area contributed by atoms with E-state index in [0.717, 1.165) is 60.5 Å². The SMILES string of the molecule is CC(C)CCC[C@@H](C)[C@H]1CC[C@H]2[C@@H]3CC=C4CC(OC(=O)CCC(=O)Oc5ccc(N=Nc6ccccc6)cc5)CC[C@]4(C)[C@H]3CC[C@]12C.